The van der Waals surface area contributed by atoms with Gasteiger partial charge in [-0.2, -0.15) is 0 Å². The Bertz CT molecular complexity index is 937. The van der Waals surface area contributed by atoms with Crippen LogP contribution in [0.25, 0.3) is 5.69 Å². The Balaban J connectivity index is 1.45. The number of imidazole rings is 1. The maximum Gasteiger partial charge on any atom is 0.229 e. The highest BCUT2D eigenvalue weighted by atomic mass is 16.1. The van der Waals surface area contributed by atoms with Crippen molar-refractivity contribution in [3.8, 4) is 5.69 Å². The number of amides is 1. The number of aryl methyl sites for hydroxylation is 2. The molecule has 1 N–H and O–H groups in total. The summed E-state index contributed by atoms with van der Waals surface area (Å²) in [5.41, 5.74) is 3.95. The van der Waals surface area contributed by atoms with Crippen LogP contribution < -0.4 is 5.32 Å². The van der Waals surface area contributed by atoms with E-state index in [1.165, 1.54) is 0 Å². The maximum absolute atomic E-state index is 12.5. The first-order valence-corrected chi connectivity index (χ1v) is 8.33. The van der Waals surface area contributed by atoms with E-state index in [1.807, 2.05) is 60.5 Å². The predicted octanol–water partition coefficient (Wildman–Crippen LogP) is 2.20. The Morgan fingerprint density at radius 3 is 2.56 bits per heavy atom. The Hall–Kier alpha value is -2.96. The molecule has 0 radical (unpaired) electrons. The second kappa shape index (κ2) is 5.84. The van der Waals surface area contributed by atoms with E-state index in [4.69, 9.17) is 0 Å². The molecule has 0 saturated heterocycles. The molecule has 0 aliphatic carbocycles. The summed E-state index contributed by atoms with van der Waals surface area (Å²) in [5, 5.41) is 11.2. The molecule has 3 aromatic rings. The van der Waals surface area contributed by atoms with Gasteiger partial charge < -0.3 is 14.5 Å². The lowest BCUT2D eigenvalue weighted by Crippen LogP contribution is -2.24. The zero-order valence-corrected chi connectivity index (χ0v) is 14.5. The number of anilines is 1. The van der Waals surface area contributed by atoms with Crippen LogP contribution in [0.2, 0.25) is 0 Å². The van der Waals surface area contributed by atoms with Crippen LogP contribution in [0.3, 0.4) is 0 Å². The van der Waals surface area contributed by atoms with E-state index in [0.29, 0.717) is 13.0 Å². The van der Waals surface area contributed by atoms with Crippen LogP contribution in [-0.4, -0.2) is 30.2 Å². The molecule has 1 aromatic carbocycles. The molecule has 1 aliphatic rings. The average Bonchev–Trinajstić information content (AvgIpc) is 3.27. The van der Waals surface area contributed by atoms with Crippen LogP contribution >= 0.6 is 0 Å². The third kappa shape index (κ3) is 2.71. The van der Waals surface area contributed by atoms with Crippen LogP contribution in [0.15, 0.2) is 30.6 Å². The van der Waals surface area contributed by atoms with Gasteiger partial charge in [-0.25, -0.2) is 4.98 Å². The third-order valence-electron chi connectivity index (χ3n) is 4.88. The second-order valence-electron chi connectivity index (χ2n) is 6.50. The number of aromatic nitrogens is 5. The van der Waals surface area contributed by atoms with Crippen molar-refractivity contribution in [3.63, 3.8) is 0 Å². The highest BCUT2D eigenvalue weighted by Gasteiger charge is 2.30. The van der Waals surface area contributed by atoms with Gasteiger partial charge in [-0.15, -0.1) is 10.2 Å². The summed E-state index contributed by atoms with van der Waals surface area (Å²) in [6, 6.07) is 7.81. The van der Waals surface area contributed by atoms with Gasteiger partial charge in [0.1, 0.15) is 11.6 Å². The molecule has 0 saturated carbocycles. The first kappa shape index (κ1) is 15.6. The van der Waals surface area contributed by atoms with Gasteiger partial charge in [0, 0.05) is 30.0 Å². The smallest absolute Gasteiger partial charge is 0.229 e. The number of hydrogen-bond acceptors (Lipinski definition) is 4. The summed E-state index contributed by atoms with van der Waals surface area (Å²) in [6.45, 7) is 6.59. The number of nitrogens with one attached hydrogen (secondary N) is 1. The maximum atomic E-state index is 12.5. The minimum atomic E-state index is -0.0950. The Morgan fingerprint density at radius 1 is 1.16 bits per heavy atom. The van der Waals surface area contributed by atoms with E-state index in [0.717, 1.165) is 34.4 Å². The second-order valence-corrected chi connectivity index (χ2v) is 6.50. The molecule has 2 aromatic heterocycles. The molecule has 4 rings (SSSR count). The zero-order chi connectivity index (χ0) is 17.6. The molecule has 7 heteroatoms. The van der Waals surface area contributed by atoms with Gasteiger partial charge >= 0.3 is 0 Å². The SMILES string of the molecule is Cc1ncn(-c2ccc(NC(=O)C3Cc4nnc(C)n4C3)cc2)c1C. The highest BCUT2D eigenvalue weighted by Crippen LogP contribution is 2.22. The molecule has 3 heterocycles. The third-order valence-corrected chi connectivity index (χ3v) is 4.88. The van der Waals surface area contributed by atoms with Crippen LogP contribution in [0.1, 0.15) is 23.0 Å². The quantitative estimate of drug-likeness (QED) is 0.795. The molecule has 0 spiro atoms. The van der Waals surface area contributed by atoms with Crippen molar-refractivity contribution < 1.29 is 4.79 Å². The number of rotatable bonds is 3. The summed E-state index contributed by atoms with van der Waals surface area (Å²) in [5.74, 6) is 1.68. The fourth-order valence-corrected chi connectivity index (χ4v) is 3.20. The molecular formula is C18H20N6O. The summed E-state index contributed by atoms with van der Waals surface area (Å²) in [7, 11) is 0. The average molecular weight is 336 g/mol. The van der Waals surface area contributed by atoms with Crippen LogP contribution in [0.4, 0.5) is 5.69 Å². The van der Waals surface area contributed by atoms with Gasteiger partial charge in [0.05, 0.1) is 17.9 Å². The minimum Gasteiger partial charge on any atom is -0.326 e. The van der Waals surface area contributed by atoms with Gasteiger partial charge in [0.2, 0.25) is 5.91 Å². The number of carbonyl (C=O) groups excluding carboxylic acids is 1. The molecule has 0 bridgehead atoms. The van der Waals surface area contributed by atoms with Crippen molar-refractivity contribution in [1.29, 1.82) is 0 Å². The molecule has 128 valence electrons. The standard InChI is InChI=1S/C18H20N6O/c1-11-12(2)24(10-19-11)16-6-4-15(5-7-16)20-18(25)14-8-17-22-21-13(3)23(17)9-14/h4-7,10,14H,8-9H2,1-3H3,(H,20,25). The van der Waals surface area contributed by atoms with Crippen molar-refractivity contribution in [2.24, 2.45) is 5.92 Å². The predicted molar refractivity (Wildman–Crippen MR) is 93.6 cm³/mol. The van der Waals surface area contributed by atoms with Crippen molar-refractivity contribution >= 4 is 11.6 Å². The first-order chi connectivity index (χ1) is 12.0. The molecule has 1 aliphatic heterocycles. The zero-order valence-electron chi connectivity index (χ0n) is 14.5. The Morgan fingerprint density at radius 2 is 1.92 bits per heavy atom. The van der Waals surface area contributed by atoms with E-state index in [-0.39, 0.29) is 11.8 Å². The van der Waals surface area contributed by atoms with E-state index in [2.05, 4.69) is 20.5 Å². The molecule has 1 unspecified atom stereocenters. The number of nitrogens with zero attached hydrogens (tertiary/aromatic N) is 5. The van der Waals surface area contributed by atoms with Gasteiger partial charge in [0.25, 0.3) is 0 Å². The topological polar surface area (TPSA) is 77.6 Å². The number of hydrogen-bond donors (Lipinski definition) is 1. The normalized spacial score (nSPS) is 16.0. The monoisotopic (exact) mass is 336 g/mol. The Labute approximate surface area is 145 Å². The molecule has 1 amide bonds. The molecule has 1 atom stereocenters. The fourth-order valence-electron chi connectivity index (χ4n) is 3.20. The van der Waals surface area contributed by atoms with E-state index >= 15 is 0 Å². The van der Waals surface area contributed by atoms with Crippen LogP contribution in [0, 0.1) is 26.7 Å². The highest BCUT2D eigenvalue weighted by molar-refractivity contribution is 5.93. The largest absolute Gasteiger partial charge is 0.326 e. The van der Waals surface area contributed by atoms with Crippen molar-refractivity contribution in [3.05, 3.63) is 53.6 Å². The summed E-state index contributed by atoms with van der Waals surface area (Å²) in [6.07, 6.45) is 2.45. The number of benzene rings is 1. The number of carbonyl (C=O) groups is 1. The lowest BCUT2D eigenvalue weighted by molar-refractivity contribution is -0.119. The molecule has 25 heavy (non-hydrogen) atoms. The minimum absolute atomic E-state index is 0.0207. The van der Waals surface area contributed by atoms with E-state index in [9.17, 15) is 4.79 Å². The summed E-state index contributed by atoms with van der Waals surface area (Å²) >= 11 is 0. The summed E-state index contributed by atoms with van der Waals surface area (Å²) in [4.78, 5) is 16.8. The summed E-state index contributed by atoms with van der Waals surface area (Å²) < 4.78 is 4.05. The molecule has 7 nitrogen and oxygen atoms in total. The lowest BCUT2D eigenvalue weighted by atomic mass is 10.1. The number of fused-ring (bicyclic) bond motifs is 1. The lowest BCUT2D eigenvalue weighted by Gasteiger charge is -2.12. The first-order valence-electron chi connectivity index (χ1n) is 8.33. The molecule has 0 fully saturated rings. The van der Waals surface area contributed by atoms with Gasteiger partial charge in [-0.05, 0) is 45.0 Å². The van der Waals surface area contributed by atoms with Crippen LogP contribution in [-0.2, 0) is 17.8 Å². The Kier molecular flexibility index (Phi) is 3.63. The van der Waals surface area contributed by atoms with Crippen molar-refractivity contribution in [1.82, 2.24) is 24.3 Å². The van der Waals surface area contributed by atoms with E-state index < -0.39 is 0 Å². The fraction of sp³-hybridized carbons (Fsp3) is 0.333. The van der Waals surface area contributed by atoms with Gasteiger partial charge in [-0.3, -0.25) is 4.79 Å². The van der Waals surface area contributed by atoms with Crippen molar-refractivity contribution in [2.45, 2.75) is 33.7 Å². The van der Waals surface area contributed by atoms with E-state index in [1.54, 1.807) is 0 Å². The van der Waals surface area contributed by atoms with Gasteiger partial charge in [-0.1, -0.05) is 0 Å². The molecular weight excluding hydrogens is 316 g/mol. The van der Waals surface area contributed by atoms with Gasteiger partial charge in [0.15, 0.2) is 0 Å². The van der Waals surface area contributed by atoms with Crippen molar-refractivity contribution in [2.75, 3.05) is 5.32 Å². The van der Waals surface area contributed by atoms with Crippen LogP contribution in [0.5, 0.6) is 0 Å².